The Morgan fingerprint density at radius 1 is 1.10 bits per heavy atom. The molecule has 0 unspecified atom stereocenters. The van der Waals surface area contributed by atoms with Crippen LogP contribution < -0.4 is 0 Å². The third-order valence-corrected chi connectivity index (χ3v) is 6.25. The number of hydrogen-bond acceptors (Lipinski definition) is 2. The molecule has 1 aromatic heterocycles. The molecule has 0 aliphatic carbocycles. The van der Waals surface area contributed by atoms with E-state index in [1.165, 1.54) is 21.6 Å². The first-order valence-corrected chi connectivity index (χ1v) is 10.8. The van der Waals surface area contributed by atoms with E-state index in [1.54, 1.807) is 32.4 Å². The predicted octanol–water partition coefficient (Wildman–Crippen LogP) is 5.06. The molecule has 0 atom stereocenters. The second-order valence-corrected chi connectivity index (χ2v) is 8.73. The predicted molar refractivity (Wildman–Crippen MR) is 120 cm³/mol. The number of halogens is 2. The molecular weight excluding hydrogens is 417 g/mol. The summed E-state index contributed by atoms with van der Waals surface area (Å²) in [5.74, 6) is 0.164. The number of carbonyl (C=O) groups excluding carboxylic acids is 2. The van der Waals surface area contributed by atoms with E-state index in [2.05, 4.69) is 0 Å². The van der Waals surface area contributed by atoms with E-state index in [0.29, 0.717) is 35.1 Å². The van der Waals surface area contributed by atoms with Crippen LogP contribution in [0.5, 0.6) is 0 Å². The van der Waals surface area contributed by atoms with Crippen molar-refractivity contribution in [1.82, 2.24) is 14.4 Å². The van der Waals surface area contributed by atoms with Crippen LogP contribution in [0.4, 0.5) is 9.18 Å². The van der Waals surface area contributed by atoms with Crippen LogP contribution in [-0.2, 0) is 6.42 Å². The van der Waals surface area contributed by atoms with Gasteiger partial charge in [-0.2, -0.15) is 0 Å². The fourth-order valence-electron chi connectivity index (χ4n) is 4.17. The maximum atomic E-state index is 13.1. The van der Waals surface area contributed by atoms with Crippen molar-refractivity contribution in [3.63, 3.8) is 0 Å². The minimum Gasteiger partial charge on any atom is -0.339 e. The van der Waals surface area contributed by atoms with Gasteiger partial charge < -0.3 is 9.80 Å². The Morgan fingerprint density at radius 2 is 1.77 bits per heavy atom. The molecule has 4 rings (SSSR count). The lowest BCUT2D eigenvalue weighted by molar-refractivity contribution is 0.0691. The van der Waals surface area contributed by atoms with E-state index in [9.17, 15) is 14.0 Å². The quantitative estimate of drug-likeness (QED) is 0.570. The summed E-state index contributed by atoms with van der Waals surface area (Å²) in [6.07, 6.45) is 4.38. The maximum absolute atomic E-state index is 13.1. The van der Waals surface area contributed by atoms with Crippen molar-refractivity contribution in [2.75, 3.05) is 27.2 Å². The zero-order valence-electron chi connectivity index (χ0n) is 17.6. The monoisotopic (exact) mass is 441 g/mol. The average molecular weight is 442 g/mol. The molecule has 1 aliphatic rings. The molecular formula is C24H25ClFN3O2. The van der Waals surface area contributed by atoms with Crippen molar-refractivity contribution >= 4 is 34.4 Å². The average Bonchev–Trinajstić information content (AvgIpc) is 3.16. The van der Waals surface area contributed by atoms with E-state index in [0.717, 1.165) is 30.2 Å². The zero-order valence-corrected chi connectivity index (χ0v) is 18.4. The van der Waals surface area contributed by atoms with Crippen LogP contribution in [-0.4, -0.2) is 53.5 Å². The topological polar surface area (TPSA) is 45.6 Å². The number of rotatable bonds is 3. The van der Waals surface area contributed by atoms with Gasteiger partial charge in [0.2, 0.25) is 0 Å². The first-order chi connectivity index (χ1) is 14.8. The van der Waals surface area contributed by atoms with Gasteiger partial charge in [0.05, 0.1) is 16.1 Å². The molecule has 5 nitrogen and oxygen atoms in total. The highest BCUT2D eigenvalue weighted by molar-refractivity contribution is 6.34. The van der Waals surface area contributed by atoms with Gasteiger partial charge in [0, 0.05) is 38.8 Å². The van der Waals surface area contributed by atoms with Gasteiger partial charge in [-0.05, 0) is 61.1 Å². The standard InChI is InChI=1S/C24H25ClFN3O2/c1-27(2)24(31)29-12-9-18-14-20(21(25)15-22(18)29)23(30)28-10-7-17(8-11-28)13-16-3-5-19(26)6-4-16/h3-6,9,12,14-15,17H,7-8,10-11,13H2,1-2H3. The molecule has 3 aromatic rings. The van der Waals surface area contributed by atoms with Crippen molar-refractivity contribution in [3.8, 4) is 0 Å². The Balaban J connectivity index is 1.45. The summed E-state index contributed by atoms with van der Waals surface area (Å²) in [4.78, 5) is 28.8. The first-order valence-electron chi connectivity index (χ1n) is 10.4. The van der Waals surface area contributed by atoms with E-state index in [-0.39, 0.29) is 17.8 Å². The summed E-state index contributed by atoms with van der Waals surface area (Å²) >= 11 is 6.46. The Morgan fingerprint density at radius 3 is 2.42 bits per heavy atom. The van der Waals surface area contributed by atoms with Crippen molar-refractivity contribution in [2.45, 2.75) is 19.3 Å². The maximum Gasteiger partial charge on any atom is 0.328 e. The van der Waals surface area contributed by atoms with Crippen molar-refractivity contribution in [3.05, 3.63) is 70.6 Å². The molecule has 0 saturated carbocycles. The van der Waals surface area contributed by atoms with E-state index >= 15 is 0 Å². The highest BCUT2D eigenvalue weighted by Crippen LogP contribution is 2.29. The van der Waals surface area contributed by atoms with Crippen molar-refractivity contribution in [2.24, 2.45) is 5.92 Å². The van der Waals surface area contributed by atoms with Gasteiger partial charge in [-0.1, -0.05) is 23.7 Å². The SMILES string of the molecule is CN(C)C(=O)n1ccc2cc(C(=O)N3CCC(Cc4ccc(F)cc4)CC3)c(Cl)cc21. The van der Waals surface area contributed by atoms with Crippen LogP contribution in [0.15, 0.2) is 48.7 Å². The van der Waals surface area contributed by atoms with Gasteiger partial charge in [0.15, 0.2) is 0 Å². The van der Waals surface area contributed by atoms with Gasteiger partial charge in [0.1, 0.15) is 5.82 Å². The van der Waals surface area contributed by atoms with Gasteiger partial charge in [-0.25, -0.2) is 9.18 Å². The Labute approximate surface area is 186 Å². The number of benzene rings is 2. The largest absolute Gasteiger partial charge is 0.339 e. The first kappa shape index (κ1) is 21.4. The third kappa shape index (κ3) is 4.44. The molecule has 0 N–H and O–H groups in total. The number of carbonyl (C=O) groups is 2. The molecule has 0 radical (unpaired) electrons. The Hall–Kier alpha value is -2.86. The molecule has 2 heterocycles. The fourth-order valence-corrected chi connectivity index (χ4v) is 4.41. The molecule has 1 saturated heterocycles. The summed E-state index contributed by atoms with van der Waals surface area (Å²) < 4.78 is 14.6. The lowest BCUT2D eigenvalue weighted by Crippen LogP contribution is -2.39. The summed E-state index contributed by atoms with van der Waals surface area (Å²) in [6, 6.07) is 11.7. The minimum absolute atomic E-state index is 0.0844. The number of hydrogen-bond donors (Lipinski definition) is 0. The minimum atomic E-state index is -0.223. The summed E-state index contributed by atoms with van der Waals surface area (Å²) in [5, 5.41) is 1.14. The molecule has 2 amide bonds. The van der Waals surface area contributed by atoms with Crippen LogP contribution >= 0.6 is 11.6 Å². The lowest BCUT2D eigenvalue weighted by atomic mass is 9.90. The molecule has 1 aliphatic heterocycles. The molecule has 162 valence electrons. The van der Waals surface area contributed by atoms with Crippen LogP contribution in [0.3, 0.4) is 0 Å². The second-order valence-electron chi connectivity index (χ2n) is 8.32. The van der Waals surface area contributed by atoms with E-state index < -0.39 is 0 Å². The zero-order chi connectivity index (χ0) is 22.1. The van der Waals surface area contributed by atoms with Crippen LogP contribution in [0.2, 0.25) is 5.02 Å². The van der Waals surface area contributed by atoms with Gasteiger partial charge in [-0.15, -0.1) is 0 Å². The number of likely N-dealkylation sites (tertiary alicyclic amines) is 1. The molecule has 31 heavy (non-hydrogen) atoms. The van der Waals surface area contributed by atoms with Crippen LogP contribution in [0.25, 0.3) is 10.9 Å². The van der Waals surface area contributed by atoms with E-state index in [1.807, 2.05) is 23.1 Å². The van der Waals surface area contributed by atoms with Gasteiger partial charge in [-0.3, -0.25) is 9.36 Å². The molecule has 0 spiro atoms. The van der Waals surface area contributed by atoms with Crippen molar-refractivity contribution in [1.29, 1.82) is 0 Å². The van der Waals surface area contributed by atoms with Crippen molar-refractivity contribution < 1.29 is 14.0 Å². The lowest BCUT2D eigenvalue weighted by Gasteiger charge is -2.32. The highest BCUT2D eigenvalue weighted by atomic mass is 35.5. The molecule has 0 bridgehead atoms. The highest BCUT2D eigenvalue weighted by Gasteiger charge is 2.26. The Bertz CT molecular complexity index is 1120. The number of amides is 2. The summed E-state index contributed by atoms with van der Waals surface area (Å²) in [5.41, 5.74) is 2.26. The Kier molecular flexibility index (Phi) is 6.01. The number of nitrogens with zero attached hydrogens (tertiary/aromatic N) is 3. The smallest absolute Gasteiger partial charge is 0.328 e. The molecule has 2 aromatic carbocycles. The fraction of sp³-hybridized carbons (Fsp3) is 0.333. The molecule has 7 heteroatoms. The number of fused-ring (bicyclic) bond motifs is 1. The summed E-state index contributed by atoms with van der Waals surface area (Å²) in [7, 11) is 3.38. The van der Waals surface area contributed by atoms with Crippen LogP contribution in [0.1, 0.15) is 28.8 Å². The van der Waals surface area contributed by atoms with E-state index in [4.69, 9.17) is 11.6 Å². The molecule has 1 fully saturated rings. The van der Waals surface area contributed by atoms with Crippen LogP contribution in [0, 0.1) is 11.7 Å². The van der Waals surface area contributed by atoms with Gasteiger partial charge in [0.25, 0.3) is 5.91 Å². The number of piperidine rings is 1. The second kappa shape index (κ2) is 8.71. The normalized spacial score (nSPS) is 14.8. The summed E-state index contributed by atoms with van der Waals surface area (Å²) in [6.45, 7) is 1.33. The van der Waals surface area contributed by atoms with Gasteiger partial charge >= 0.3 is 6.03 Å². The number of aromatic nitrogens is 1. The third-order valence-electron chi connectivity index (χ3n) is 5.94.